The lowest BCUT2D eigenvalue weighted by Crippen LogP contribution is -2.40. The first-order chi connectivity index (χ1) is 13.7. The highest BCUT2D eigenvalue weighted by Gasteiger charge is 2.28. The molecule has 8 heteroatoms. The number of nitro benzene ring substituents is 1. The Kier molecular flexibility index (Phi) is 7.28. The zero-order valence-corrected chi connectivity index (χ0v) is 18.7. The Morgan fingerprint density at radius 1 is 1.21 bits per heavy atom. The van der Waals surface area contributed by atoms with E-state index in [0.717, 1.165) is 30.5 Å². The number of anilines is 1. The number of fused-ring (bicyclic) bond motifs is 1. The summed E-state index contributed by atoms with van der Waals surface area (Å²) in [6.45, 7) is 6.47. The third-order valence-electron chi connectivity index (χ3n) is 5.21. The Balaban J connectivity index is 1.92. The van der Waals surface area contributed by atoms with Gasteiger partial charge in [0.05, 0.1) is 15.0 Å². The van der Waals surface area contributed by atoms with Gasteiger partial charge in [-0.25, -0.2) is 0 Å². The summed E-state index contributed by atoms with van der Waals surface area (Å²) in [5.74, 6) is 0.560. The van der Waals surface area contributed by atoms with Crippen molar-refractivity contribution in [1.82, 2.24) is 4.90 Å². The molecular weight excluding hydrogens is 433 g/mol. The first kappa shape index (κ1) is 22.2. The molecular formula is C21H24Cl3N3O2. The van der Waals surface area contributed by atoms with Crippen LogP contribution in [0.4, 0.5) is 11.4 Å². The van der Waals surface area contributed by atoms with E-state index in [9.17, 15) is 10.1 Å². The number of nitrogens with one attached hydrogen (secondary N) is 1. The lowest BCUT2D eigenvalue weighted by Gasteiger charge is -2.30. The number of halogens is 3. The molecule has 2 aromatic carbocycles. The Morgan fingerprint density at radius 3 is 2.62 bits per heavy atom. The van der Waals surface area contributed by atoms with Gasteiger partial charge >= 0.3 is 0 Å². The van der Waals surface area contributed by atoms with Crippen molar-refractivity contribution in [2.24, 2.45) is 5.92 Å². The molecule has 1 N–H and O–H groups in total. The summed E-state index contributed by atoms with van der Waals surface area (Å²) in [6.07, 6.45) is 1.80. The minimum atomic E-state index is -0.379. The zero-order valence-electron chi connectivity index (χ0n) is 16.4. The first-order valence-corrected chi connectivity index (χ1v) is 10.8. The third-order valence-corrected chi connectivity index (χ3v) is 6.17. The highest BCUT2D eigenvalue weighted by molar-refractivity contribution is 6.42. The average Bonchev–Trinajstić information content (AvgIpc) is 2.81. The number of nitrogens with zero attached hydrogens (tertiary/aromatic N) is 2. The fraction of sp³-hybridized carbons (Fsp3) is 0.429. The molecule has 3 rings (SSSR count). The quantitative estimate of drug-likeness (QED) is 0.401. The predicted molar refractivity (Wildman–Crippen MR) is 120 cm³/mol. The molecule has 0 saturated heterocycles. The molecule has 5 nitrogen and oxygen atoms in total. The molecule has 2 aromatic rings. The molecule has 1 unspecified atom stereocenters. The van der Waals surface area contributed by atoms with E-state index < -0.39 is 0 Å². The molecule has 0 spiro atoms. The summed E-state index contributed by atoms with van der Waals surface area (Å²) in [7, 11) is 0. The predicted octanol–water partition coefficient (Wildman–Crippen LogP) is 6.44. The van der Waals surface area contributed by atoms with Crippen molar-refractivity contribution >= 4 is 46.2 Å². The second kappa shape index (κ2) is 9.52. The summed E-state index contributed by atoms with van der Waals surface area (Å²) in [5.41, 5.74) is 2.51. The van der Waals surface area contributed by atoms with Gasteiger partial charge in [-0.3, -0.25) is 15.0 Å². The van der Waals surface area contributed by atoms with Gasteiger partial charge in [-0.05, 0) is 54.6 Å². The van der Waals surface area contributed by atoms with Crippen molar-refractivity contribution in [3.63, 3.8) is 0 Å². The average molecular weight is 457 g/mol. The molecule has 1 aliphatic heterocycles. The van der Waals surface area contributed by atoms with Crippen LogP contribution in [0.5, 0.6) is 0 Å². The van der Waals surface area contributed by atoms with Crippen LogP contribution in [0.2, 0.25) is 15.1 Å². The summed E-state index contributed by atoms with van der Waals surface area (Å²) in [6, 6.07) is 9.05. The van der Waals surface area contributed by atoms with E-state index in [1.54, 1.807) is 6.07 Å². The lowest BCUT2D eigenvalue weighted by molar-refractivity contribution is -0.384. The molecule has 156 valence electrons. The van der Waals surface area contributed by atoms with Crippen LogP contribution in [0.15, 0.2) is 30.3 Å². The number of benzene rings is 2. The summed E-state index contributed by atoms with van der Waals surface area (Å²) < 4.78 is 0. The topological polar surface area (TPSA) is 58.4 Å². The smallest absolute Gasteiger partial charge is 0.294 e. The zero-order chi connectivity index (χ0) is 21.1. The van der Waals surface area contributed by atoms with Gasteiger partial charge < -0.3 is 5.32 Å². The van der Waals surface area contributed by atoms with Crippen LogP contribution < -0.4 is 5.32 Å². The maximum absolute atomic E-state index is 11.5. The van der Waals surface area contributed by atoms with Gasteiger partial charge in [0.2, 0.25) is 0 Å². The van der Waals surface area contributed by atoms with Crippen LogP contribution >= 0.6 is 34.8 Å². The SMILES string of the molecule is CC(C)CCN1Cc2cc(Cl)cc([N+](=O)[O-])c2NCC1Cc1ccc(Cl)c(Cl)c1. The number of hydrogen-bond donors (Lipinski definition) is 1. The number of rotatable bonds is 6. The molecule has 1 aliphatic rings. The molecule has 0 bridgehead atoms. The summed E-state index contributed by atoms with van der Waals surface area (Å²) >= 11 is 18.4. The van der Waals surface area contributed by atoms with E-state index in [4.69, 9.17) is 34.8 Å². The van der Waals surface area contributed by atoms with E-state index in [2.05, 4.69) is 24.1 Å². The molecule has 0 aromatic heterocycles. The van der Waals surface area contributed by atoms with Crippen LogP contribution in [-0.2, 0) is 13.0 Å². The van der Waals surface area contributed by atoms with E-state index in [-0.39, 0.29) is 16.7 Å². The van der Waals surface area contributed by atoms with Crippen LogP contribution in [0.3, 0.4) is 0 Å². The number of hydrogen-bond acceptors (Lipinski definition) is 4. The Hall–Kier alpha value is -1.53. The van der Waals surface area contributed by atoms with Crippen LogP contribution in [-0.4, -0.2) is 29.0 Å². The van der Waals surface area contributed by atoms with Gasteiger partial charge in [-0.2, -0.15) is 0 Å². The molecule has 1 atom stereocenters. The molecule has 0 fully saturated rings. The van der Waals surface area contributed by atoms with Gasteiger partial charge in [0, 0.05) is 30.2 Å². The van der Waals surface area contributed by atoms with Gasteiger partial charge in [0.25, 0.3) is 5.69 Å². The van der Waals surface area contributed by atoms with Crippen molar-refractivity contribution in [1.29, 1.82) is 0 Å². The van der Waals surface area contributed by atoms with Gasteiger partial charge in [0.1, 0.15) is 5.69 Å². The van der Waals surface area contributed by atoms with Gasteiger partial charge in [-0.1, -0.05) is 54.7 Å². The monoisotopic (exact) mass is 455 g/mol. The van der Waals surface area contributed by atoms with Crippen molar-refractivity contribution in [2.45, 2.75) is 39.3 Å². The molecule has 0 amide bonds. The van der Waals surface area contributed by atoms with Crippen molar-refractivity contribution in [2.75, 3.05) is 18.4 Å². The van der Waals surface area contributed by atoms with E-state index >= 15 is 0 Å². The van der Waals surface area contributed by atoms with Crippen molar-refractivity contribution in [3.05, 3.63) is 66.6 Å². The van der Waals surface area contributed by atoms with E-state index in [0.29, 0.717) is 39.8 Å². The minimum Gasteiger partial charge on any atom is -0.378 e. The Labute approximate surface area is 186 Å². The highest BCUT2D eigenvalue weighted by atomic mass is 35.5. The van der Waals surface area contributed by atoms with Crippen molar-refractivity contribution in [3.8, 4) is 0 Å². The standard InChI is InChI=1S/C21H24Cl3N3O2/c1-13(2)5-6-26-12-15-9-16(22)10-20(27(28)29)21(15)25-11-17(26)7-14-3-4-18(23)19(24)8-14/h3-4,8-10,13,17,25H,5-7,11-12H2,1-2H3. The maximum Gasteiger partial charge on any atom is 0.294 e. The summed E-state index contributed by atoms with van der Waals surface area (Å²) in [5, 5.41) is 16.3. The van der Waals surface area contributed by atoms with Crippen LogP contribution in [0.25, 0.3) is 0 Å². The molecule has 1 heterocycles. The normalized spacial score (nSPS) is 17.0. The third kappa shape index (κ3) is 5.54. The molecule has 0 saturated carbocycles. The van der Waals surface area contributed by atoms with Gasteiger partial charge in [0.15, 0.2) is 0 Å². The van der Waals surface area contributed by atoms with E-state index in [1.165, 1.54) is 6.07 Å². The molecule has 0 radical (unpaired) electrons. The maximum atomic E-state index is 11.5. The van der Waals surface area contributed by atoms with Crippen LogP contribution in [0.1, 0.15) is 31.4 Å². The fourth-order valence-corrected chi connectivity index (χ4v) is 4.20. The second-order valence-electron chi connectivity index (χ2n) is 7.86. The minimum absolute atomic E-state index is 0.0199. The van der Waals surface area contributed by atoms with E-state index in [1.807, 2.05) is 18.2 Å². The highest BCUT2D eigenvalue weighted by Crippen LogP contribution is 2.36. The first-order valence-electron chi connectivity index (χ1n) is 9.63. The summed E-state index contributed by atoms with van der Waals surface area (Å²) in [4.78, 5) is 13.5. The number of nitro groups is 1. The molecule has 0 aliphatic carbocycles. The van der Waals surface area contributed by atoms with Crippen molar-refractivity contribution < 1.29 is 4.92 Å². The Bertz CT molecular complexity index is 905. The largest absolute Gasteiger partial charge is 0.378 e. The van der Waals surface area contributed by atoms with Crippen LogP contribution in [0, 0.1) is 16.0 Å². The van der Waals surface area contributed by atoms with Gasteiger partial charge in [-0.15, -0.1) is 0 Å². The molecule has 29 heavy (non-hydrogen) atoms. The Morgan fingerprint density at radius 2 is 1.97 bits per heavy atom. The second-order valence-corrected chi connectivity index (χ2v) is 9.11. The lowest BCUT2D eigenvalue weighted by atomic mass is 10.0. The fourth-order valence-electron chi connectivity index (χ4n) is 3.64.